The minimum absolute atomic E-state index is 0.130. The summed E-state index contributed by atoms with van der Waals surface area (Å²) in [4.78, 5) is 10.7. The lowest BCUT2D eigenvalue weighted by molar-refractivity contribution is -0.136. The number of H-pyrrole nitrogens is 1. The molecule has 0 aliphatic carbocycles. The van der Waals surface area contributed by atoms with E-state index in [1.807, 2.05) is 0 Å². The summed E-state index contributed by atoms with van der Waals surface area (Å²) in [6.45, 7) is -0.658. The molecule has 0 fully saturated rings. The zero-order valence-corrected chi connectivity index (χ0v) is 7.08. The number of nitrogens with one attached hydrogen (secondary N) is 1. The van der Waals surface area contributed by atoms with Gasteiger partial charge in [0, 0.05) is 6.07 Å². The fourth-order valence-corrected chi connectivity index (χ4v) is 0.741. The lowest BCUT2D eigenvalue weighted by atomic mass is 10.7. The van der Waals surface area contributed by atoms with Crippen LogP contribution in [0.2, 0.25) is 0 Å². The number of carbonyl (C=O) groups excluding carboxylic acids is 1. The highest BCUT2D eigenvalue weighted by Gasteiger charge is 2.05. The maximum absolute atomic E-state index is 10.7. The van der Waals surface area contributed by atoms with Gasteiger partial charge in [0.2, 0.25) is 5.88 Å². The van der Waals surface area contributed by atoms with E-state index in [1.165, 1.54) is 12.3 Å². The van der Waals surface area contributed by atoms with Crippen molar-refractivity contribution in [1.82, 2.24) is 10.2 Å². The molecule has 7 nitrogen and oxygen atoms in total. The van der Waals surface area contributed by atoms with Gasteiger partial charge in [-0.05, 0) is 0 Å². The predicted molar refractivity (Wildman–Crippen MR) is 39.1 cm³/mol. The Morgan fingerprint density at radius 1 is 1.77 bits per heavy atom. The Morgan fingerprint density at radius 2 is 2.54 bits per heavy atom. The van der Waals surface area contributed by atoms with Gasteiger partial charge in [-0.3, -0.25) is 4.18 Å². The van der Waals surface area contributed by atoms with Crippen molar-refractivity contribution in [3.8, 4) is 5.88 Å². The van der Waals surface area contributed by atoms with Crippen LogP contribution in [-0.4, -0.2) is 31.5 Å². The van der Waals surface area contributed by atoms with E-state index >= 15 is 0 Å². The molecule has 0 aliphatic heterocycles. The smallest absolute Gasteiger partial charge is 0.340 e. The Balaban J connectivity index is 2.30. The Labute approximate surface area is 75.5 Å². The van der Waals surface area contributed by atoms with Gasteiger partial charge in [0.05, 0.1) is 17.6 Å². The minimum Gasteiger partial charge on any atom is -0.750 e. The molecule has 0 spiro atoms. The summed E-state index contributed by atoms with van der Waals surface area (Å²) in [5.41, 5.74) is 0. The van der Waals surface area contributed by atoms with Crippen LogP contribution >= 0.6 is 0 Å². The molecule has 0 aromatic carbocycles. The van der Waals surface area contributed by atoms with Crippen LogP contribution in [0.15, 0.2) is 12.3 Å². The van der Waals surface area contributed by atoms with Crippen LogP contribution in [0.3, 0.4) is 0 Å². The van der Waals surface area contributed by atoms with Crippen molar-refractivity contribution in [2.24, 2.45) is 0 Å². The second-order valence-corrected chi connectivity index (χ2v) is 2.51. The molecule has 1 aromatic rings. The second kappa shape index (κ2) is 4.70. The fourth-order valence-electron chi connectivity index (χ4n) is 0.548. The third-order valence-electron chi connectivity index (χ3n) is 0.972. The fraction of sp³-hybridized carbons (Fsp3) is 0.200. The molecular formula is C5H5N2O5S-. The van der Waals surface area contributed by atoms with Crippen molar-refractivity contribution in [3.63, 3.8) is 0 Å². The van der Waals surface area contributed by atoms with Crippen LogP contribution in [0, 0.1) is 0 Å². The molecule has 1 atom stereocenters. The van der Waals surface area contributed by atoms with E-state index in [2.05, 4.69) is 19.1 Å². The van der Waals surface area contributed by atoms with E-state index < -0.39 is 23.9 Å². The van der Waals surface area contributed by atoms with Crippen LogP contribution < -0.4 is 4.74 Å². The van der Waals surface area contributed by atoms with Crippen molar-refractivity contribution in [3.05, 3.63) is 12.3 Å². The predicted octanol–water partition coefficient (Wildman–Crippen LogP) is -0.874. The summed E-state index contributed by atoms with van der Waals surface area (Å²) in [5, 5.41) is 5.86. The van der Waals surface area contributed by atoms with E-state index in [1.54, 1.807) is 0 Å². The molecule has 1 unspecified atom stereocenters. The molecular weight excluding hydrogens is 200 g/mol. The van der Waals surface area contributed by atoms with Crippen LogP contribution in [0.4, 0.5) is 0 Å². The lowest BCUT2D eigenvalue weighted by Crippen LogP contribution is -2.16. The van der Waals surface area contributed by atoms with Gasteiger partial charge >= 0.3 is 5.97 Å². The number of aromatic amines is 1. The number of nitrogens with zero attached hydrogens (tertiary/aromatic N) is 1. The first-order valence-corrected chi connectivity index (χ1v) is 4.11. The number of aromatic nitrogens is 2. The van der Waals surface area contributed by atoms with E-state index in [0.29, 0.717) is 0 Å². The van der Waals surface area contributed by atoms with Gasteiger partial charge in [-0.15, -0.1) is 0 Å². The van der Waals surface area contributed by atoms with Gasteiger partial charge in [-0.2, -0.15) is 5.10 Å². The number of ether oxygens (including phenoxy) is 1. The van der Waals surface area contributed by atoms with Crippen LogP contribution in [0.1, 0.15) is 0 Å². The number of hydrogen-bond acceptors (Lipinski definition) is 6. The Kier molecular flexibility index (Phi) is 3.55. The Hall–Kier alpha value is -1.25. The summed E-state index contributed by atoms with van der Waals surface area (Å²) < 4.78 is 28.2. The molecule has 8 heteroatoms. The average Bonchev–Trinajstić information content (AvgIpc) is 2.53. The highest BCUT2D eigenvalue weighted by Crippen LogP contribution is 2.02. The van der Waals surface area contributed by atoms with Crippen LogP contribution in [0.25, 0.3) is 0 Å². The molecule has 1 heterocycles. The quantitative estimate of drug-likeness (QED) is 0.505. The molecule has 0 saturated heterocycles. The van der Waals surface area contributed by atoms with Gasteiger partial charge in [-0.1, -0.05) is 0 Å². The zero-order chi connectivity index (χ0) is 9.68. The lowest BCUT2D eigenvalue weighted by Gasteiger charge is -2.04. The summed E-state index contributed by atoms with van der Waals surface area (Å²) in [6, 6.07) is 1.41. The van der Waals surface area contributed by atoms with Crippen molar-refractivity contribution in [2.75, 3.05) is 6.61 Å². The topological polar surface area (TPSA) is 104 Å². The largest absolute Gasteiger partial charge is 0.750 e. The van der Waals surface area contributed by atoms with Crippen molar-refractivity contribution < 1.29 is 22.5 Å². The maximum atomic E-state index is 10.7. The number of hydrogen-bond donors (Lipinski definition) is 1. The Bertz CT molecular complexity index is 298. The molecule has 0 saturated carbocycles. The maximum Gasteiger partial charge on any atom is 0.340 e. The summed E-state index contributed by atoms with van der Waals surface area (Å²) in [7, 11) is 0. The SMILES string of the molecule is O=C(COS(=O)[O-])Oc1ccn[nH]1. The molecule has 0 bridgehead atoms. The summed E-state index contributed by atoms with van der Waals surface area (Å²) >= 11 is -2.71. The standard InChI is InChI=1S/C5H6N2O5S/c8-5(3-11-13(9)10)12-4-1-2-6-7-4/h1-2H,3H2,(H,6,7)(H,9,10)/p-1. The van der Waals surface area contributed by atoms with E-state index in [4.69, 9.17) is 0 Å². The van der Waals surface area contributed by atoms with Gasteiger partial charge < -0.3 is 9.29 Å². The van der Waals surface area contributed by atoms with Crippen LogP contribution in [-0.2, 0) is 20.3 Å². The van der Waals surface area contributed by atoms with Crippen LogP contribution in [0.5, 0.6) is 5.88 Å². The van der Waals surface area contributed by atoms with E-state index in [9.17, 15) is 13.6 Å². The highest BCUT2D eigenvalue weighted by atomic mass is 32.2. The number of rotatable bonds is 4. The summed E-state index contributed by atoms with van der Waals surface area (Å²) in [6.07, 6.45) is 1.38. The zero-order valence-electron chi connectivity index (χ0n) is 6.26. The van der Waals surface area contributed by atoms with Gasteiger partial charge in [0.15, 0.2) is 6.61 Å². The first-order chi connectivity index (χ1) is 6.18. The normalized spacial score (nSPS) is 12.4. The number of carbonyl (C=O) groups is 1. The first kappa shape index (κ1) is 9.84. The molecule has 72 valence electrons. The molecule has 13 heavy (non-hydrogen) atoms. The van der Waals surface area contributed by atoms with Gasteiger partial charge in [0.1, 0.15) is 0 Å². The monoisotopic (exact) mass is 205 g/mol. The van der Waals surface area contributed by atoms with Crippen molar-refractivity contribution >= 4 is 17.3 Å². The van der Waals surface area contributed by atoms with Gasteiger partial charge in [-0.25, -0.2) is 14.1 Å². The third-order valence-corrected chi connectivity index (χ3v) is 1.28. The van der Waals surface area contributed by atoms with E-state index in [0.717, 1.165) is 0 Å². The van der Waals surface area contributed by atoms with Crippen molar-refractivity contribution in [1.29, 1.82) is 0 Å². The molecule has 0 aliphatic rings. The highest BCUT2D eigenvalue weighted by molar-refractivity contribution is 7.74. The second-order valence-electron chi connectivity index (χ2n) is 1.86. The molecule has 0 amide bonds. The number of esters is 1. The van der Waals surface area contributed by atoms with Gasteiger partial charge in [0.25, 0.3) is 0 Å². The first-order valence-electron chi connectivity index (χ1n) is 3.11. The van der Waals surface area contributed by atoms with E-state index in [-0.39, 0.29) is 5.88 Å². The molecule has 1 rings (SSSR count). The summed E-state index contributed by atoms with van der Waals surface area (Å²) in [5.74, 6) is -0.696. The van der Waals surface area contributed by atoms with Crippen molar-refractivity contribution in [2.45, 2.75) is 0 Å². The average molecular weight is 205 g/mol. The Morgan fingerprint density at radius 3 is 3.08 bits per heavy atom. The minimum atomic E-state index is -2.71. The third kappa shape index (κ3) is 3.78. The molecule has 0 radical (unpaired) electrons. The molecule has 1 N–H and O–H groups in total. The molecule has 1 aromatic heterocycles.